The zero-order valence-electron chi connectivity index (χ0n) is 14.3. The summed E-state index contributed by atoms with van der Waals surface area (Å²) in [6.45, 7) is 4.54. The van der Waals surface area contributed by atoms with Gasteiger partial charge in [-0.15, -0.1) is 11.8 Å². The van der Waals surface area contributed by atoms with Crippen LogP contribution < -0.4 is 5.32 Å². The van der Waals surface area contributed by atoms with Crippen molar-refractivity contribution in [2.75, 3.05) is 7.05 Å². The quantitative estimate of drug-likeness (QED) is 0.901. The zero-order chi connectivity index (χ0) is 16.2. The first-order valence-corrected chi connectivity index (χ1v) is 9.58. The van der Waals surface area contributed by atoms with Gasteiger partial charge in [0.25, 0.3) is 5.91 Å². The van der Waals surface area contributed by atoms with Crippen molar-refractivity contribution in [1.29, 1.82) is 0 Å². The van der Waals surface area contributed by atoms with Gasteiger partial charge in [0, 0.05) is 33.3 Å². The lowest BCUT2D eigenvalue weighted by Gasteiger charge is -2.36. The molecule has 0 saturated carbocycles. The number of carbonyl (C=O) groups is 1. The van der Waals surface area contributed by atoms with Crippen LogP contribution in [0.1, 0.15) is 55.5 Å². The number of nitrogens with one attached hydrogen (secondary N) is 1. The summed E-state index contributed by atoms with van der Waals surface area (Å²) < 4.78 is 0.255. The molecule has 2 atom stereocenters. The van der Waals surface area contributed by atoms with Crippen molar-refractivity contribution in [2.45, 2.75) is 73.7 Å². The molecule has 2 unspecified atom stereocenters. The fourth-order valence-corrected chi connectivity index (χ4v) is 5.77. The van der Waals surface area contributed by atoms with Crippen molar-refractivity contribution in [3.05, 3.63) is 29.3 Å². The van der Waals surface area contributed by atoms with Gasteiger partial charge in [-0.1, -0.05) is 13.8 Å². The largest absolute Gasteiger partial charge is 0.349 e. The average Bonchev–Trinajstić information content (AvgIpc) is 2.88. The Morgan fingerprint density at radius 1 is 1.26 bits per heavy atom. The summed E-state index contributed by atoms with van der Waals surface area (Å²) in [7, 11) is 2.24. The first-order valence-electron chi connectivity index (χ1n) is 8.76. The molecule has 3 aliphatic heterocycles. The second-order valence-electron chi connectivity index (χ2n) is 8.05. The van der Waals surface area contributed by atoms with Crippen LogP contribution in [0, 0.1) is 0 Å². The summed E-state index contributed by atoms with van der Waals surface area (Å²) >= 11 is 1.92. The second kappa shape index (κ2) is 5.52. The summed E-state index contributed by atoms with van der Waals surface area (Å²) in [5.74, 6) is 0.108. The first kappa shape index (κ1) is 15.5. The molecule has 0 radical (unpaired) electrons. The SMILES string of the molecule is CN1C2CCC1CC(NC(=O)c1ccc3c(c1)CC(C)(C)S3)C2. The van der Waals surface area contributed by atoms with Gasteiger partial charge in [0.15, 0.2) is 0 Å². The van der Waals surface area contributed by atoms with Gasteiger partial charge < -0.3 is 10.2 Å². The van der Waals surface area contributed by atoms with E-state index in [0.717, 1.165) is 24.8 Å². The Hall–Kier alpha value is -1.00. The van der Waals surface area contributed by atoms with Gasteiger partial charge in [-0.25, -0.2) is 0 Å². The number of nitrogens with zero attached hydrogens (tertiary/aromatic N) is 1. The second-order valence-corrected chi connectivity index (χ2v) is 9.80. The Morgan fingerprint density at radius 2 is 1.96 bits per heavy atom. The number of piperidine rings is 1. The maximum atomic E-state index is 12.7. The molecule has 2 saturated heterocycles. The van der Waals surface area contributed by atoms with E-state index < -0.39 is 0 Å². The number of fused-ring (bicyclic) bond motifs is 3. The maximum Gasteiger partial charge on any atom is 0.251 e. The normalized spacial score (nSPS) is 31.9. The van der Waals surface area contributed by atoms with E-state index in [0.29, 0.717) is 18.1 Å². The number of amides is 1. The third-order valence-corrected chi connectivity index (χ3v) is 7.07. The van der Waals surface area contributed by atoms with Crippen LogP contribution in [0.4, 0.5) is 0 Å². The van der Waals surface area contributed by atoms with Gasteiger partial charge >= 0.3 is 0 Å². The zero-order valence-corrected chi connectivity index (χ0v) is 15.1. The highest BCUT2D eigenvalue weighted by atomic mass is 32.2. The highest BCUT2D eigenvalue weighted by molar-refractivity contribution is 8.01. The molecule has 1 aromatic rings. The molecule has 1 N–H and O–H groups in total. The third-order valence-electron chi connectivity index (χ3n) is 5.76. The van der Waals surface area contributed by atoms with Crippen LogP contribution in [0.25, 0.3) is 0 Å². The number of benzene rings is 1. The Labute approximate surface area is 143 Å². The summed E-state index contributed by atoms with van der Waals surface area (Å²) in [6, 6.07) is 7.90. The van der Waals surface area contributed by atoms with Crippen LogP contribution in [-0.2, 0) is 6.42 Å². The van der Waals surface area contributed by atoms with E-state index >= 15 is 0 Å². The molecule has 124 valence electrons. The Kier molecular flexibility index (Phi) is 3.73. The lowest BCUT2D eigenvalue weighted by Crippen LogP contribution is -2.48. The standard InChI is InChI=1S/C19H26N2OS/c1-19(2)11-13-8-12(4-7-17(13)23-19)18(22)20-14-9-15-5-6-16(10-14)21(15)3/h4,7-8,14-16H,5-6,9-11H2,1-3H3,(H,20,22). The lowest BCUT2D eigenvalue weighted by molar-refractivity contribution is 0.0882. The molecule has 3 heterocycles. The fraction of sp³-hybridized carbons (Fsp3) is 0.632. The smallest absolute Gasteiger partial charge is 0.251 e. The summed E-state index contributed by atoms with van der Waals surface area (Å²) in [5.41, 5.74) is 2.16. The fourth-order valence-electron chi connectivity index (χ4n) is 4.55. The minimum Gasteiger partial charge on any atom is -0.349 e. The van der Waals surface area contributed by atoms with Crippen LogP contribution in [0.15, 0.2) is 23.1 Å². The van der Waals surface area contributed by atoms with Crippen molar-refractivity contribution in [3.63, 3.8) is 0 Å². The Bertz CT molecular complexity index is 628. The molecule has 4 rings (SSSR count). The topological polar surface area (TPSA) is 32.3 Å². The van der Waals surface area contributed by atoms with Crippen molar-refractivity contribution in [2.24, 2.45) is 0 Å². The summed E-state index contributed by atoms with van der Waals surface area (Å²) in [6.07, 6.45) is 5.84. The van der Waals surface area contributed by atoms with E-state index in [4.69, 9.17) is 0 Å². The van der Waals surface area contributed by atoms with Crippen LogP contribution in [0.3, 0.4) is 0 Å². The van der Waals surface area contributed by atoms with Gasteiger partial charge in [-0.2, -0.15) is 0 Å². The van der Waals surface area contributed by atoms with Crippen LogP contribution >= 0.6 is 11.8 Å². The van der Waals surface area contributed by atoms with Crippen LogP contribution in [0.5, 0.6) is 0 Å². The molecule has 1 amide bonds. The molecule has 0 spiro atoms. The minimum absolute atomic E-state index is 0.108. The predicted molar refractivity (Wildman–Crippen MR) is 95.1 cm³/mol. The van der Waals surface area contributed by atoms with Crippen LogP contribution in [0.2, 0.25) is 0 Å². The molecule has 0 aliphatic carbocycles. The highest BCUT2D eigenvalue weighted by Gasteiger charge is 2.39. The monoisotopic (exact) mass is 330 g/mol. The molecule has 4 heteroatoms. The molecular formula is C19H26N2OS. The first-order chi connectivity index (χ1) is 10.9. The molecule has 2 fully saturated rings. The highest BCUT2D eigenvalue weighted by Crippen LogP contribution is 2.44. The Morgan fingerprint density at radius 3 is 2.65 bits per heavy atom. The molecule has 23 heavy (non-hydrogen) atoms. The predicted octanol–water partition coefficient (Wildman–Crippen LogP) is 3.47. The molecule has 2 bridgehead atoms. The summed E-state index contributed by atoms with van der Waals surface area (Å²) in [5, 5.41) is 3.30. The number of rotatable bonds is 2. The number of carbonyl (C=O) groups excluding carboxylic acids is 1. The lowest BCUT2D eigenvalue weighted by atomic mass is 9.97. The van der Waals surface area contributed by atoms with E-state index in [9.17, 15) is 4.79 Å². The number of hydrogen-bond acceptors (Lipinski definition) is 3. The van der Waals surface area contributed by atoms with E-state index in [1.165, 1.54) is 23.3 Å². The van der Waals surface area contributed by atoms with Gasteiger partial charge in [0.2, 0.25) is 0 Å². The third kappa shape index (κ3) is 2.91. The van der Waals surface area contributed by atoms with E-state index in [1.807, 2.05) is 17.8 Å². The van der Waals surface area contributed by atoms with Crippen molar-refractivity contribution < 1.29 is 4.79 Å². The van der Waals surface area contributed by atoms with Crippen LogP contribution in [-0.4, -0.2) is 40.7 Å². The molecule has 1 aromatic carbocycles. The van der Waals surface area contributed by atoms with Gasteiger partial charge in [-0.05, 0) is 62.9 Å². The number of hydrogen-bond donors (Lipinski definition) is 1. The molecule has 0 aromatic heterocycles. The number of thioether (sulfide) groups is 1. The van der Waals surface area contributed by atoms with Crippen molar-refractivity contribution in [1.82, 2.24) is 10.2 Å². The maximum absolute atomic E-state index is 12.7. The summed E-state index contributed by atoms with van der Waals surface area (Å²) in [4.78, 5) is 16.5. The van der Waals surface area contributed by atoms with E-state index in [-0.39, 0.29) is 10.7 Å². The molecular weight excluding hydrogens is 304 g/mol. The van der Waals surface area contributed by atoms with E-state index in [2.05, 4.69) is 43.2 Å². The Balaban J connectivity index is 1.45. The van der Waals surface area contributed by atoms with Gasteiger partial charge in [-0.3, -0.25) is 4.79 Å². The average molecular weight is 330 g/mol. The minimum atomic E-state index is 0.108. The molecule has 3 nitrogen and oxygen atoms in total. The van der Waals surface area contributed by atoms with Gasteiger partial charge in [0.05, 0.1) is 0 Å². The van der Waals surface area contributed by atoms with Crippen molar-refractivity contribution in [3.8, 4) is 0 Å². The van der Waals surface area contributed by atoms with E-state index in [1.54, 1.807) is 0 Å². The van der Waals surface area contributed by atoms with Gasteiger partial charge in [0.1, 0.15) is 0 Å². The molecule has 3 aliphatic rings. The van der Waals surface area contributed by atoms with Crippen molar-refractivity contribution >= 4 is 17.7 Å².